The molecular weight excluding hydrogens is 320 g/mol. The minimum Gasteiger partial charge on any atom is -0.274 e. The Labute approximate surface area is 132 Å². The topological polar surface area (TPSA) is 77.7 Å². The summed E-state index contributed by atoms with van der Waals surface area (Å²) in [5.74, 6) is 0. The second kappa shape index (κ2) is 5.62. The first kappa shape index (κ1) is 14.9. The van der Waals surface area contributed by atoms with E-state index in [9.17, 15) is 8.42 Å². The Bertz CT molecular complexity index is 884. The molecule has 1 unspecified atom stereocenters. The molecule has 0 bridgehead atoms. The van der Waals surface area contributed by atoms with Crippen LogP contribution in [0.2, 0.25) is 0 Å². The third-order valence-corrected chi connectivity index (χ3v) is 6.61. The van der Waals surface area contributed by atoms with Crippen LogP contribution in [-0.4, -0.2) is 28.4 Å². The van der Waals surface area contributed by atoms with E-state index in [1.54, 1.807) is 14.0 Å². The lowest BCUT2D eigenvalue weighted by molar-refractivity contribution is 0.585. The molecule has 1 atom stereocenters. The van der Waals surface area contributed by atoms with Crippen molar-refractivity contribution in [3.63, 3.8) is 0 Å². The molecule has 0 N–H and O–H groups in total. The van der Waals surface area contributed by atoms with Gasteiger partial charge in [0.05, 0.1) is 6.20 Å². The van der Waals surface area contributed by atoms with Crippen LogP contribution in [0.5, 0.6) is 0 Å². The third kappa shape index (κ3) is 2.67. The van der Waals surface area contributed by atoms with E-state index < -0.39 is 15.1 Å². The van der Waals surface area contributed by atoms with Crippen molar-refractivity contribution in [2.75, 3.05) is 0 Å². The lowest BCUT2D eigenvalue weighted by atomic mass is 10.2. The molecule has 0 aliphatic heterocycles. The molecule has 0 radical (unpaired) electrons. The number of aryl methyl sites for hydroxylation is 1. The molecule has 8 heteroatoms. The monoisotopic (exact) mass is 334 g/mol. The van der Waals surface area contributed by atoms with Crippen LogP contribution in [0.4, 0.5) is 0 Å². The van der Waals surface area contributed by atoms with Crippen molar-refractivity contribution in [1.29, 1.82) is 0 Å². The summed E-state index contributed by atoms with van der Waals surface area (Å²) >= 11 is 1.29. The number of benzene rings is 1. The highest BCUT2D eigenvalue weighted by Gasteiger charge is 2.29. The summed E-state index contributed by atoms with van der Waals surface area (Å²) in [6.45, 7) is 1.62. The van der Waals surface area contributed by atoms with E-state index in [0.29, 0.717) is 10.0 Å². The molecule has 0 saturated heterocycles. The van der Waals surface area contributed by atoms with Crippen molar-refractivity contribution in [2.45, 2.75) is 17.1 Å². The average molecular weight is 334 g/mol. The molecule has 22 heavy (non-hydrogen) atoms. The van der Waals surface area contributed by atoms with E-state index in [1.807, 2.05) is 30.3 Å². The van der Waals surface area contributed by atoms with Crippen LogP contribution in [0.1, 0.15) is 17.2 Å². The van der Waals surface area contributed by atoms with Gasteiger partial charge in [-0.05, 0) is 6.92 Å². The van der Waals surface area contributed by atoms with Gasteiger partial charge in [-0.25, -0.2) is 8.42 Å². The summed E-state index contributed by atoms with van der Waals surface area (Å²) in [5, 5.41) is 12.5. The summed E-state index contributed by atoms with van der Waals surface area (Å²) in [5.41, 5.74) is 0.928. The summed E-state index contributed by atoms with van der Waals surface area (Å²) in [7, 11) is -1.83. The highest BCUT2D eigenvalue weighted by atomic mass is 32.2. The molecule has 114 valence electrons. The van der Waals surface area contributed by atoms with E-state index in [4.69, 9.17) is 0 Å². The second-order valence-electron chi connectivity index (χ2n) is 4.85. The maximum Gasteiger partial charge on any atom is 0.190 e. The van der Waals surface area contributed by atoms with Gasteiger partial charge in [-0.2, -0.15) is 5.10 Å². The Balaban J connectivity index is 1.93. The van der Waals surface area contributed by atoms with E-state index in [2.05, 4.69) is 15.3 Å². The maximum absolute atomic E-state index is 12.6. The zero-order chi connectivity index (χ0) is 15.7. The van der Waals surface area contributed by atoms with Gasteiger partial charge in [0.25, 0.3) is 0 Å². The highest BCUT2D eigenvalue weighted by molar-refractivity contribution is 7.91. The van der Waals surface area contributed by atoms with Gasteiger partial charge < -0.3 is 0 Å². The van der Waals surface area contributed by atoms with Crippen molar-refractivity contribution in [2.24, 2.45) is 7.05 Å². The Morgan fingerprint density at radius 3 is 2.55 bits per heavy atom. The largest absolute Gasteiger partial charge is 0.274 e. The van der Waals surface area contributed by atoms with E-state index in [1.165, 1.54) is 28.4 Å². The van der Waals surface area contributed by atoms with Crippen molar-refractivity contribution < 1.29 is 8.42 Å². The first-order valence-electron chi connectivity index (χ1n) is 6.60. The van der Waals surface area contributed by atoms with Crippen LogP contribution >= 0.6 is 11.3 Å². The average Bonchev–Trinajstić information content (AvgIpc) is 3.16. The fourth-order valence-electron chi connectivity index (χ4n) is 1.98. The molecule has 2 heterocycles. The van der Waals surface area contributed by atoms with Crippen LogP contribution in [0.25, 0.3) is 10.6 Å². The predicted octanol–water partition coefficient (Wildman–Crippen LogP) is 2.47. The highest BCUT2D eigenvalue weighted by Crippen LogP contribution is 2.33. The third-order valence-electron chi connectivity index (χ3n) is 3.28. The molecule has 0 amide bonds. The molecular formula is C14H14N4O2S2. The first-order valence-corrected chi connectivity index (χ1v) is 8.96. The van der Waals surface area contributed by atoms with Gasteiger partial charge in [0.2, 0.25) is 0 Å². The summed E-state index contributed by atoms with van der Waals surface area (Å²) in [6, 6.07) is 9.58. The fourth-order valence-corrected chi connectivity index (χ4v) is 4.50. The molecule has 0 spiro atoms. The normalized spacial score (nSPS) is 13.2. The number of hydrogen-bond acceptors (Lipinski definition) is 6. The van der Waals surface area contributed by atoms with Crippen molar-refractivity contribution in [1.82, 2.24) is 20.0 Å². The summed E-state index contributed by atoms with van der Waals surface area (Å²) < 4.78 is 26.6. The Morgan fingerprint density at radius 1 is 1.18 bits per heavy atom. The van der Waals surface area contributed by atoms with E-state index in [0.717, 1.165) is 5.56 Å². The van der Waals surface area contributed by atoms with Gasteiger partial charge in [0.15, 0.2) is 9.84 Å². The van der Waals surface area contributed by atoms with Crippen molar-refractivity contribution >= 4 is 21.2 Å². The molecule has 6 nitrogen and oxygen atoms in total. The number of sulfone groups is 1. The lowest BCUT2D eigenvalue weighted by Gasteiger charge is -2.07. The van der Waals surface area contributed by atoms with Crippen molar-refractivity contribution in [3.05, 3.63) is 47.7 Å². The van der Waals surface area contributed by atoms with E-state index in [-0.39, 0.29) is 4.90 Å². The number of nitrogens with zero attached hydrogens (tertiary/aromatic N) is 4. The lowest BCUT2D eigenvalue weighted by Crippen LogP contribution is -2.10. The Hall–Kier alpha value is -2.06. The van der Waals surface area contributed by atoms with Crippen LogP contribution in [-0.2, 0) is 16.9 Å². The van der Waals surface area contributed by atoms with Gasteiger partial charge >= 0.3 is 0 Å². The first-order chi connectivity index (χ1) is 10.5. The zero-order valence-electron chi connectivity index (χ0n) is 12.0. The van der Waals surface area contributed by atoms with Gasteiger partial charge in [0, 0.05) is 18.8 Å². The molecule has 3 aromatic rings. The molecule has 2 aromatic heterocycles. The standard InChI is InChI=1S/C14H14N4O2S2/c1-10(22(19,20)12-8-15-18(2)9-12)13-16-17-14(21-13)11-6-4-3-5-7-11/h3-10H,1-2H3. The van der Waals surface area contributed by atoms with Gasteiger partial charge in [-0.3, -0.25) is 4.68 Å². The van der Waals surface area contributed by atoms with Crippen LogP contribution < -0.4 is 0 Å². The summed E-state index contributed by atoms with van der Waals surface area (Å²) in [6.07, 6.45) is 2.84. The minimum absolute atomic E-state index is 0.193. The summed E-state index contributed by atoms with van der Waals surface area (Å²) in [4.78, 5) is 0.193. The van der Waals surface area contributed by atoms with Gasteiger partial charge in [-0.15, -0.1) is 10.2 Å². The fraction of sp³-hybridized carbons (Fsp3) is 0.214. The maximum atomic E-state index is 12.6. The van der Waals surface area contributed by atoms with Crippen LogP contribution in [0, 0.1) is 0 Å². The smallest absolute Gasteiger partial charge is 0.190 e. The van der Waals surface area contributed by atoms with Crippen LogP contribution in [0.3, 0.4) is 0 Å². The molecule has 0 fully saturated rings. The van der Waals surface area contributed by atoms with Gasteiger partial charge in [-0.1, -0.05) is 41.7 Å². The molecule has 0 saturated carbocycles. The number of aromatic nitrogens is 4. The molecule has 3 rings (SSSR count). The number of rotatable bonds is 4. The minimum atomic E-state index is -3.52. The Morgan fingerprint density at radius 2 is 1.91 bits per heavy atom. The predicted molar refractivity (Wildman–Crippen MR) is 84.2 cm³/mol. The van der Waals surface area contributed by atoms with Crippen molar-refractivity contribution in [3.8, 4) is 10.6 Å². The van der Waals surface area contributed by atoms with Crippen LogP contribution in [0.15, 0.2) is 47.6 Å². The molecule has 1 aromatic carbocycles. The number of hydrogen-bond donors (Lipinski definition) is 0. The molecule has 0 aliphatic rings. The quantitative estimate of drug-likeness (QED) is 0.732. The SMILES string of the molecule is CC(c1nnc(-c2ccccc2)s1)S(=O)(=O)c1cnn(C)c1. The second-order valence-corrected chi connectivity index (χ2v) is 8.13. The van der Waals surface area contributed by atoms with Gasteiger partial charge in [0.1, 0.15) is 20.2 Å². The molecule has 0 aliphatic carbocycles. The zero-order valence-corrected chi connectivity index (χ0v) is 13.7. The van der Waals surface area contributed by atoms with E-state index >= 15 is 0 Å². The Kier molecular flexibility index (Phi) is 3.79.